The first-order valence-corrected chi connectivity index (χ1v) is 5.11. The zero-order valence-electron chi connectivity index (χ0n) is 9.74. The molecule has 94 valence electrons. The summed E-state index contributed by atoms with van der Waals surface area (Å²) in [5.41, 5.74) is 0.786. The smallest absolute Gasteiger partial charge is 0.259 e. The molecule has 0 saturated carbocycles. The van der Waals surface area contributed by atoms with Gasteiger partial charge in [0.25, 0.3) is 5.91 Å². The standard InChI is InChI=1S/C11H10F2N4O/c1-6-7(5-14-17(6)2)11(18)15-8-3-4-9(12)16-10(8)13/h3-5H,1-2H3,(H,15,18). The van der Waals surface area contributed by atoms with Crippen molar-refractivity contribution in [2.24, 2.45) is 7.05 Å². The normalized spacial score (nSPS) is 10.4. The monoisotopic (exact) mass is 252 g/mol. The number of pyridine rings is 1. The van der Waals surface area contributed by atoms with Gasteiger partial charge in [-0.25, -0.2) is 0 Å². The molecule has 2 rings (SSSR count). The van der Waals surface area contributed by atoms with Crippen LogP contribution in [0.4, 0.5) is 14.5 Å². The molecular weight excluding hydrogens is 242 g/mol. The zero-order valence-corrected chi connectivity index (χ0v) is 9.74. The van der Waals surface area contributed by atoms with Gasteiger partial charge in [0.2, 0.25) is 11.9 Å². The van der Waals surface area contributed by atoms with Crippen molar-refractivity contribution in [2.45, 2.75) is 6.92 Å². The van der Waals surface area contributed by atoms with Crippen LogP contribution in [0.5, 0.6) is 0 Å². The lowest BCUT2D eigenvalue weighted by Crippen LogP contribution is -2.14. The van der Waals surface area contributed by atoms with E-state index in [1.807, 2.05) is 0 Å². The lowest BCUT2D eigenvalue weighted by Gasteiger charge is -2.05. The molecule has 5 nitrogen and oxygen atoms in total. The number of amides is 1. The van der Waals surface area contributed by atoms with Crippen LogP contribution in [0.3, 0.4) is 0 Å². The third kappa shape index (κ3) is 2.20. The number of hydrogen-bond acceptors (Lipinski definition) is 3. The second kappa shape index (κ2) is 4.52. The summed E-state index contributed by atoms with van der Waals surface area (Å²) in [7, 11) is 1.69. The van der Waals surface area contributed by atoms with Gasteiger partial charge in [0.05, 0.1) is 17.4 Å². The van der Waals surface area contributed by atoms with Gasteiger partial charge in [-0.2, -0.15) is 18.9 Å². The van der Waals surface area contributed by atoms with E-state index in [1.165, 1.54) is 10.9 Å². The van der Waals surface area contributed by atoms with Crippen molar-refractivity contribution >= 4 is 11.6 Å². The van der Waals surface area contributed by atoms with Gasteiger partial charge in [0.1, 0.15) is 0 Å². The Morgan fingerprint density at radius 1 is 1.39 bits per heavy atom. The van der Waals surface area contributed by atoms with Crippen molar-refractivity contribution in [3.8, 4) is 0 Å². The van der Waals surface area contributed by atoms with Gasteiger partial charge in [-0.15, -0.1) is 0 Å². The first kappa shape index (κ1) is 12.2. The molecule has 1 N–H and O–H groups in total. The number of rotatable bonds is 2. The highest BCUT2D eigenvalue weighted by atomic mass is 19.1. The molecule has 7 heteroatoms. The molecular formula is C11H10F2N4O. The molecule has 0 aliphatic heterocycles. The molecule has 18 heavy (non-hydrogen) atoms. The molecule has 1 amide bonds. The summed E-state index contributed by atoms with van der Waals surface area (Å²) >= 11 is 0. The lowest BCUT2D eigenvalue weighted by atomic mass is 10.2. The summed E-state index contributed by atoms with van der Waals surface area (Å²) < 4.78 is 27.4. The maximum absolute atomic E-state index is 13.2. The number of aromatic nitrogens is 3. The quantitative estimate of drug-likeness (QED) is 0.827. The summed E-state index contributed by atoms with van der Waals surface area (Å²) in [6.07, 6.45) is 1.37. The largest absolute Gasteiger partial charge is 0.318 e. The maximum atomic E-state index is 13.2. The van der Waals surface area contributed by atoms with Crippen LogP contribution >= 0.6 is 0 Å². The number of nitrogens with zero attached hydrogens (tertiary/aromatic N) is 3. The van der Waals surface area contributed by atoms with Crippen molar-refractivity contribution in [3.05, 3.63) is 41.5 Å². The van der Waals surface area contributed by atoms with E-state index in [-0.39, 0.29) is 5.69 Å². The van der Waals surface area contributed by atoms with Crippen molar-refractivity contribution in [1.82, 2.24) is 14.8 Å². The van der Waals surface area contributed by atoms with E-state index in [1.54, 1.807) is 14.0 Å². The minimum atomic E-state index is -1.06. The summed E-state index contributed by atoms with van der Waals surface area (Å²) in [5, 5.41) is 6.21. The summed E-state index contributed by atoms with van der Waals surface area (Å²) in [4.78, 5) is 14.8. The van der Waals surface area contributed by atoms with Gasteiger partial charge in [0, 0.05) is 12.7 Å². The first-order chi connectivity index (χ1) is 8.49. The van der Waals surface area contributed by atoms with Crippen molar-refractivity contribution in [3.63, 3.8) is 0 Å². The van der Waals surface area contributed by atoms with E-state index in [0.717, 1.165) is 12.1 Å². The van der Waals surface area contributed by atoms with Gasteiger partial charge in [0.15, 0.2) is 0 Å². The maximum Gasteiger partial charge on any atom is 0.259 e. The Kier molecular flexibility index (Phi) is 3.05. The van der Waals surface area contributed by atoms with Crippen molar-refractivity contribution in [2.75, 3.05) is 5.32 Å². The highest BCUT2D eigenvalue weighted by Gasteiger charge is 2.15. The number of aryl methyl sites for hydroxylation is 1. The third-order valence-corrected chi connectivity index (χ3v) is 2.54. The molecule has 2 heterocycles. The number of anilines is 1. The Morgan fingerprint density at radius 3 is 2.67 bits per heavy atom. The second-order valence-corrected chi connectivity index (χ2v) is 3.69. The number of carbonyl (C=O) groups is 1. The van der Waals surface area contributed by atoms with Crippen molar-refractivity contribution in [1.29, 1.82) is 0 Å². The highest BCUT2D eigenvalue weighted by Crippen LogP contribution is 2.14. The fourth-order valence-electron chi connectivity index (χ4n) is 1.42. The summed E-state index contributed by atoms with van der Waals surface area (Å²) in [6.45, 7) is 1.71. The zero-order chi connectivity index (χ0) is 13.3. The van der Waals surface area contributed by atoms with Gasteiger partial charge < -0.3 is 5.32 Å². The molecule has 0 bridgehead atoms. The SMILES string of the molecule is Cc1c(C(=O)Nc2ccc(F)nc2F)cnn1C. The van der Waals surface area contributed by atoms with E-state index < -0.39 is 17.8 Å². The molecule has 0 spiro atoms. The first-order valence-electron chi connectivity index (χ1n) is 5.11. The number of carbonyl (C=O) groups excluding carboxylic acids is 1. The Bertz CT molecular complexity index is 609. The van der Waals surface area contributed by atoms with Crippen LogP contribution < -0.4 is 5.32 Å². The van der Waals surface area contributed by atoms with Crippen molar-refractivity contribution < 1.29 is 13.6 Å². The van der Waals surface area contributed by atoms with Gasteiger partial charge >= 0.3 is 0 Å². The van der Waals surface area contributed by atoms with E-state index in [2.05, 4.69) is 15.4 Å². The van der Waals surface area contributed by atoms with E-state index in [0.29, 0.717) is 11.3 Å². The number of nitrogens with one attached hydrogen (secondary N) is 1. The van der Waals surface area contributed by atoms with E-state index in [4.69, 9.17) is 0 Å². The fourth-order valence-corrected chi connectivity index (χ4v) is 1.42. The third-order valence-electron chi connectivity index (χ3n) is 2.54. The second-order valence-electron chi connectivity index (χ2n) is 3.69. The highest BCUT2D eigenvalue weighted by molar-refractivity contribution is 6.04. The Morgan fingerprint density at radius 2 is 2.11 bits per heavy atom. The minimum Gasteiger partial charge on any atom is -0.318 e. The van der Waals surface area contributed by atoms with Crippen LogP contribution in [0.2, 0.25) is 0 Å². The van der Waals surface area contributed by atoms with Crippen LogP contribution in [0.15, 0.2) is 18.3 Å². The average Bonchev–Trinajstić information content (AvgIpc) is 2.64. The Balaban J connectivity index is 2.24. The van der Waals surface area contributed by atoms with Gasteiger partial charge in [-0.3, -0.25) is 9.48 Å². The predicted molar refractivity (Wildman–Crippen MR) is 60.1 cm³/mol. The molecule has 0 aliphatic rings. The molecule has 0 aromatic carbocycles. The average molecular weight is 252 g/mol. The predicted octanol–water partition coefficient (Wildman–Crippen LogP) is 1.65. The Hall–Kier alpha value is -2.31. The Labute approximate surface area is 101 Å². The van der Waals surface area contributed by atoms with Crippen LogP contribution in [-0.2, 0) is 7.05 Å². The van der Waals surface area contributed by atoms with Crippen LogP contribution in [0.25, 0.3) is 0 Å². The number of hydrogen-bond donors (Lipinski definition) is 1. The van der Waals surface area contributed by atoms with Crippen LogP contribution in [-0.4, -0.2) is 20.7 Å². The fraction of sp³-hybridized carbons (Fsp3) is 0.182. The van der Waals surface area contributed by atoms with E-state index in [9.17, 15) is 13.6 Å². The molecule has 0 atom stereocenters. The molecule has 0 unspecified atom stereocenters. The molecule has 2 aromatic heterocycles. The van der Waals surface area contributed by atoms with Gasteiger partial charge in [-0.05, 0) is 19.1 Å². The topological polar surface area (TPSA) is 59.8 Å². The van der Waals surface area contributed by atoms with Gasteiger partial charge in [-0.1, -0.05) is 0 Å². The molecule has 0 saturated heterocycles. The molecule has 0 fully saturated rings. The lowest BCUT2D eigenvalue weighted by molar-refractivity contribution is 0.102. The molecule has 0 aliphatic carbocycles. The molecule has 0 radical (unpaired) electrons. The van der Waals surface area contributed by atoms with Crippen LogP contribution in [0.1, 0.15) is 16.1 Å². The van der Waals surface area contributed by atoms with E-state index >= 15 is 0 Å². The van der Waals surface area contributed by atoms with Crippen LogP contribution in [0, 0.1) is 18.8 Å². The molecule has 2 aromatic rings. The minimum absolute atomic E-state index is 0.176. The summed E-state index contributed by atoms with van der Waals surface area (Å²) in [5.74, 6) is -2.53. The number of halogens is 2. The summed E-state index contributed by atoms with van der Waals surface area (Å²) in [6, 6.07) is 2.08.